The van der Waals surface area contributed by atoms with E-state index < -0.39 is 12.1 Å². The molecule has 116 valence electrons. The molecule has 0 spiro atoms. The van der Waals surface area contributed by atoms with E-state index in [2.05, 4.69) is 5.32 Å². The van der Waals surface area contributed by atoms with E-state index in [9.17, 15) is 9.59 Å². The summed E-state index contributed by atoms with van der Waals surface area (Å²) in [4.78, 5) is 25.4. The lowest BCUT2D eigenvalue weighted by Crippen LogP contribution is -2.51. The fourth-order valence-corrected chi connectivity index (χ4v) is 3.09. The molecule has 20 heavy (non-hydrogen) atoms. The van der Waals surface area contributed by atoms with E-state index in [1.165, 1.54) is 0 Å². The zero-order chi connectivity index (χ0) is 15.0. The van der Waals surface area contributed by atoms with Gasteiger partial charge in [-0.25, -0.2) is 4.79 Å². The Morgan fingerprint density at radius 3 is 2.90 bits per heavy atom. The number of nitrogens with two attached hydrogens (primary N) is 1. The van der Waals surface area contributed by atoms with Gasteiger partial charge >= 0.3 is 6.03 Å². The summed E-state index contributed by atoms with van der Waals surface area (Å²) < 4.78 is 0. The summed E-state index contributed by atoms with van der Waals surface area (Å²) in [7, 11) is 0. The van der Waals surface area contributed by atoms with Gasteiger partial charge in [0.15, 0.2) is 0 Å². The van der Waals surface area contributed by atoms with Crippen LogP contribution in [0, 0.1) is 0 Å². The van der Waals surface area contributed by atoms with Gasteiger partial charge in [-0.15, -0.1) is 0 Å². The standard InChI is InChI=1S/C13H25N3O3S/c1-20-9-6-11(15-13(14)19)12(18)16-7-2-4-10(16)5-3-8-17/h10-11,17H,2-9H2,1H3,(H3,14,15,19). The van der Waals surface area contributed by atoms with Crippen LogP contribution in [0.4, 0.5) is 4.79 Å². The number of hydrogen-bond acceptors (Lipinski definition) is 4. The molecule has 3 amide bonds. The van der Waals surface area contributed by atoms with Crippen LogP contribution in [0.5, 0.6) is 0 Å². The molecule has 1 aliphatic heterocycles. The number of nitrogens with zero attached hydrogens (tertiary/aromatic N) is 1. The Bertz CT molecular complexity index is 328. The monoisotopic (exact) mass is 303 g/mol. The Kier molecular flexibility index (Phi) is 7.76. The van der Waals surface area contributed by atoms with Crippen molar-refractivity contribution in [3.05, 3.63) is 0 Å². The van der Waals surface area contributed by atoms with Gasteiger partial charge in [-0.3, -0.25) is 4.79 Å². The molecule has 1 saturated heterocycles. The molecule has 1 fully saturated rings. The summed E-state index contributed by atoms with van der Waals surface area (Å²) in [5.74, 6) is 0.754. The summed E-state index contributed by atoms with van der Waals surface area (Å²) in [6.45, 7) is 0.874. The van der Waals surface area contributed by atoms with Gasteiger partial charge in [0.05, 0.1) is 0 Å². The number of hydrogen-bond donors (Lipinski definition) is 3. The molecule has 2 atom stereocenters. The molecule has 2 unspecified atom stereocenters. The number of carbonyl (C=O) groups excluding carboxylic acids is 2. The number of amides is 3. The first-order valence-corrected chi connectivity index (χ1v) is 8.45. The number of aliphatic hydroxyl groups is 1. The van der Waals surface area contributed by atoms with Crippen molar-refractivity contribution in [1.82, 2.24) is 10.2 Å². The third-order valence-corrected chi connectivity index (χ3v) is 4.22. The molecule has 6 nitrogen and oxygen atoms in total. The van der Waals surface area contributed by atoms with Crippen LogP contribution in [0.15, 0.2) is 0 Å². The van der Waals surface area contributed by atoms with Crippen molar-refractivity contribution in [2.45, 2.75) is 44.2 Å². The van der Waals surface area contributed by atoms with E-state index in [0.29, 0.717) is 12.8 Å². The van der Waals surface area contributed by atoms with Crippen molar-refractivity contribution in [2.24, 2.45) is 5.73 Å². The lowest BCUT2D eigenvalue weighted by atomic mass is 10.1. The Morgan fingerprint density at radius 2 is 2.30 bits per heavy atom. The Hall–Kier alpha value is -0.950. The van der Waals surface area contributed by atoms with Gasteiger partial charge in [0.2, 0.25) is 5.91 Å². The zero-order valence-electron chi connectivity index (χ0n) is 12.0. The second-order valence-corrected chi connectivity index (χ2v) is 6.02. The minimum atomic E-state index is -0.657. The van der Waals surface area contributed by atoms with Gasteiger partial charge in [0.25, 0.3) is 0 Å². The summed E-state index contributed by atoms with van der Waals surface area (Å²) in [6, 6.07) is -1.01. The van der Waals surface area contributed by atoms with E-state index in [0.717, 1.165) is 31.6 Å². The number of primary amides is 1. The van der Waals surface area contributed by atoms with Crippen molar-refractivity contribution in [3.8, 4) is 0 Å². The summed E-state index contributed by atoms with van der Waals surface area (Å²) in [6.07, 6.45) is 6.02. The van der Waals surface area contributed by atoms with Crippen LogP contribution in [0.25, 0.3) is 0 Å². The van der Waals surface area contributed by atoms with Crippen molar-refractivity contribution in [2.75, 3.05) is 25.2 Å². The van der Waals surface area contributed by atoms with Crippen LogP contribution in [0.3, 0.4) is 0 Å². The molecular weight excluding hydrogens is 278 g/mol. The van der Waals surface area contributed by atoms with Gasteiger partial charge in [-0.2, -0.15) is 11.8 Å². The van der Waals surface area contributed by atoms with E-state index in [4.69, 9.17) is 10.8 Å². The highest BCUT2D eigenvalue weighted by molar-refractivity contribution is 7.98. The zero-order valence-corrected chi connectivity index (χ0v) is 12.8. The molecule has 0 aromatic heterocycles. The van der Waals surface area contributed by atoms with Crippen LogP contribution >= 0.6 is 11.8 Å². The van der Waals surface area contributed by atoms with Gasteiger partial charge in [0, 0.05) is 19.2 Å². The summed E-state index contributed by atoms with van der Waals surface area (Å²) in [5.41, 5.74) is 5.16. The number of rotatable bonds is 8. The molecule has 0 aromatic carbocycles. The highest BCUT2D eigenvalue weighted by Gasteiger charge is 2.32. The predicted molar refractivity (Wildman–Crippen MR) is 80.6 cm³/mol. The minimum absolute atomic E-state index is 0.0433. The molecule has 0 bridgehead atoms. The number of carbonyl (C=O) groups is 2. The number of aliphatic hydroxyl groups excluding tert-OH is 1. The second-order valence-electron chi connectivity index (χ2n) is 5.04. The quantitative estimate of drug-likeness (QED) is 0.610. The third-order valence-electron chi connectivity index (χ3n) is 3.58. The molecule has 1 rings (SSSR count). The van der Waals surface area contributed by atoms with E-state index in [1.54, 1.807) is 11.8 Å². The molecule has 0 aliphatic carbocycles. The van der Waals surface area contributed by atoms with Crippen LogP contribution < -0.4 is 11.1 Å². The van der Waals surface area contributed by atoms with Gasteiger partial charge in [-0.1, -0.05) is 0 Å². The molecule has 0 radical (unpaired) electrons. The molecule has 1 heterocycles. The van der Waals surface area contributed by atoms with E-state index in [-0.39, 0.29) is 18.6 Å². The fourth-order valence-electron chi connectivity index (χ4n) is 2.62. The Morgan fingerprint density at radius 1 is 1.55 bits per heavy atom. The van der Waals surface area contributed by atoms with Crippen molar-refractivity contribution < 1.29 is 14.7 Å². The topological polar surface area (TPSA) is 95.7 Å². The minimum Gasteiger partial charge on any atom is -0.396 e. The maximum atomic E-state index is 12.5. The highest BCUT2D eigenvalue weighted by Crippen LogP contribution is 2.22. The molecule has 0 saturated carbocycles. The first kappa shape index (κ1) is 17.1. The lowest BCUT2D eigenvalue weighted by molar-refractivity contribution is -0.134. The van der Waals surface area contributed by atoms with Gasteiger partial charge in [0.1, 0.15) is 6.04 Å². The average Bonchev–Trinajstić information content (AvgIpc) is 2.88. The highest BCUT2D eigenvalue weighted by atomic mass is 32.2. The molecule has 0 aromatic rings. The molecular formula is C13H25N3O3S. The van der Waals surface area contributed by atoms with Crippen molar-refractivity contribution >= 4 is 23.7 Å². The Labute approximate surface area is 124 Å². The maximum Gasteiger partial charge on any atom is 0.312 e. The van der Waals surface area contributed by atoms with Crippen LogP contribution in [0.1, 0.15) is 32.1 Å². The van der Waals surface area contributed by atoms with Crippen LogP contribution in [-0.4, -0.2) is 59.2 Å². The number of nitrogens with one attached hydrogen (secondary N) is 1. The van der Waals surface area contributed by atoms with Gasteiger partial charge in [-0.05, 0) is 44.1 Å². The van der Waals surface area contributed by atoms with Gasteiger partial charge < -0.3 is 21.1 Å². The smallest absolute Gasteiger partial charge is 0.312 e. The number of thioether (sulfide) groups is 1. The SMILES string of the molecule is CSCCC(NC(N)=O)C(=O)N1CCCC1CCCO. The predicted octanol–water partition coefficient (Wildman–Crippen LogP) is 0.540. The van der Waals surface area contributed by atoms with Crippen molar-refractivity contribution in [3.63, 3.8) is 0 Å². The summed E-state index contributed by atoms with van der Waals surface area (Å²) in [5, 5.41) is 11.5. The van der Waals surface area contributed by atoms with Crippen LogP contribution in [-0.2, 0) is 4.79 Å². The average molecular weight is 303 g/mol. The van der Waals surface area contributed by atoms with E-state index in [1.807, 2.05) is 11.2 Å². The molecule has 4 N–H and O–H groups in total. The van der Waals surface area contributed by atoms with Crippen LogP contribution in [0.2, 0.25) is 0 Å². The Balaban J connectivity index is 2.63. The van der Waals surface area contributed by atoms with Crippen molar-refractivity contribution in [1.29, 1.82) is 0 Å². The third kappa shape index (κ3) is 5.20. The normalized spacial score (nSPS) is 19.9. The largest absolute Gasteiger partial charge is 0.396 e. The molecule has 1 aliphatic rings. The molecule has 7 heteroatoms. The first-order chi connectivity index (χ1) is 9.60. The second kappa shape index (κ2) is 9.07. The maximum absolute atomic E-state index is 12.5. The lowest BCUT2D eigenvalue weighted by Gasteiger charge is -2.29. The number of urea groups is 1. The number of likely N-dealkylation sites (tertiary alicyclic amines) is 1. The first-order valence-electron chi connectivity index (χ1n) is 7.06. The van der Waals surface area contributed by atoms with E-state index >= 15 is 0 Å². The summed E-state index contributed by atoms with van der Waals surface area (Å²) >= 11 is 1.64. The fraction of sp³-hybridized carbons (Fsp3) is 0.846.